The van der Waals surface area contributed by atoms with Crippen molar-refractivity contribution in [2.24, 2.45) is 5.73 Å². The van der Waals surface area contributed by atoms with E-state index in [2.05, 4.69) is 20.9 Å². The van der Waals surface area contributed by atoms with Crippen LogP contribution in [0.15, 0.2) is 30.5 Å². The molecular weight excluding hydrogens is 446 g/mol. The van der Waals surface area contributed by atoms with Gasteiger partial charge >= 0.3 is 5.97 Å². The quantitative estimate of drug-likeness (QED) is 0.188. The van der Waals surface area contributed by atoms with Crippen molar-refractivity contribution in [1.82, 2.24) is 20.9 Å². The molecule has 0 fully saturated rings. The molecule has 6 unspecified atom stereocenters. The third-order valence-corrected chi connectivity index (χ3v) is 5.25. The van der Waals surface area contributed by atoms with Crippen LogP contribution in [0.4, 0.5) is 0 Å². The lowest BCUT2D eigenvalue weighted by Gasteiger charge is -2.27. The van der Waals surface area contributed by atoms with Gasteiger partial charge in [0.15, 0.2) is 6.04 Å². The highest BCUT2D eigenvalue weighted by Gasteiger charge is 2.34. The molecule has 34 heavy (non-hydrogen) atoms. The Kier molecular flexibility index (Phi) is 9.12. The van der Waals surface area contributed by atoms with Crippen molar-refractivity contribution in [3.05, 3.63) is 36.0 Å². The average molecular weight is 478 g/mol. The molecule has 9 N–H and O–H groups in total. The number of H-pyrrole nitrogens is 1. The number of nitrogens with one attached hydrogen (secondary N) is 4. The van der Waals surface area contributed by atoms with Crippen LogP contribution >= 0.6 is 0 Å². The monoisotopic (exact) mass is 477 g/mol. The number of benzene rings is 1. The fraction of sp³-hybridized carbons (Fsp3) is 0.455. The van der Waals surface area contributed by atoms with Gasteiger partial charge in [-0.3, -0.25) is 14.4 Å². The molecule has 0 radical (unpaired) electrons. The highest BCUT2D eigenvalue weighted by Crippen LogP contribution is 2.19. The number of carboxylic acids is 1. The molecule has 12 heteroatoms. The van der Waals surface area contributed by atoms with Crippen LogP contribution in [0.2, 0.25) is 0 Å². The molecular formula is C22H31N5O7. The van der Waals surface area contributed by atoms with Crippen LogP contribution < -0.4 is 21.7 Å². The number of rotatable bonds is 11. The van der Waals surface area contributed by atoms with Crippen molar-refractivity contribution >= 4 is 34.6 Å². The van der Waals surface area contributed by atoms with Gasteiger partial charge in [0.05, 0.1) is 18.2 Å². The van der Waals surface area contributed by atoms with Crippen molar-refractivity contribution in [2.45, 2.75) is 63.6 Å². The minimum absolute atomic E-state index is 0.0495. The van der Waals surface area contributed by atoms with E-state index in [1.807, 2.05) is 24.3 Å². The van der Waals surface area contributed by atoms with E-state index in [9.17, 15) is 34.5 Å². The maximum atomic E-state index is 13.1. The summed E-state index contributed by atoms with van der Waals surface area (Å²) in [5.74, 6) is -3.89. The van der Waals surface area contributed by atoms with Gasteiger partial charge in [-0.05, 0) is 32.4 Å². The standard InChI is InChI=1S/C22H31N5O7/c1-10(23)19(30)25-16(8-13-9-24-15-7-5-4-6-14(13)15)20(31)26-17(11(2)28)21(32)27-18(12(3)29)22(33)34/h4-7,9-12,16-18,24,28-29H,8,23H2,1-3H3,(H,25,30)(H,26,31)(H,27,32)(H,33,34). The van der Waals surface area contributed by atoms with E-state index in [-0.39, 0.29) is 6.42 Å². The average Bonchev–Trinajstić information content (AvgIpc) is 3.17. The zero-order valence-electron chi connectivity index (χ0n) is 19.1. The SMILES string of the molecule is CC(N)C(=O)NC(Cc1c[nH]c2ccccc12)C(=O)NC(C(=O)NC(C(=O)O)C(C)O)C(C)O. The summed E-state index contributed by atoms with van der Waals surface area (Å²) < 4.78 is 0. The van der Waals surface area contributed by atoms with E-state index in [1.165, 1.54) is 20.8 Å². The van der Waals surface area contributed by atoms with Crippen LogP contribution in [0.5, 0.6) is 0 Å². The Balaban J connectivity index is 2.26. The maximum Gasteiger partial charge on any atom is 0.328 e. The second-order valence-corrected chi connectivity index (χ2v) is 8.21. The van der Waals surface area contributed by atoms with Gasteiger partial charge in [-0.15, -0.1) is 0 Å². The largest absolute Gasteiger partial charge is 0.480 e. The van der Waals surface area contributed by atoms with E-state index < -0.39 is 60.1 Å². The van der Waals surface area contributed by atoms with Gasteiger partial charge in [0, 0.05) is 23.5 Å². The van der Waals surface area contributed by atoms with Crippen molar-refractivity contribution in [3.8, 4) is 0 Å². The number of carbonyl (C=O) groups is 4. The number of nitrogens with two attached hydrogens (primary N) is 1. The molecule has 2 rings (SSSR count). The number of carboxylic acid groups (broad SMARTS) is 1. The number of aliphatic hydroxyl groups excluding tert-OH is 2. The lowest BCUT2D eigenvalue weighted by Crippen LogP contribution is -2.61. The lowest BCUT2D eigenvalue weighted by atomic mass is 10.0. The lowest BCUT2D eigenvalue weighted by molar-refractivity contribution is -0.146. The summed E-state index contributed by atoms with van der Waals surface area (Å²) in [6, 6.07) is 2.10. The first-order valence-electron chi connectivity index (χ1n) is 10.7. The first kappa shape index (κ1) is 26.8. The fourth-order valence-electron chi connectivity index (χ4n) is 3.32. The molecule has 2 aromatic rings. The minimum atomic E-state index is -1.65. The summed E-state index contributed by atoms with van der Waals surface area (Å²) in [6.07, 6.45) is -1.09. The van der Waals surface area contributed by atoms with Crippen LogP contribution in [-0.4, -0.2) is 80.4 Å². The smallest absolute Gasteiger partial charge is 0.328 e. The number of hydrogen-bond donors (Lipinski definition) is 8. The number of aromatic nitrogens is 1. The van der Waals surface area contributed by atoms with Crippen molar-refractivity contribution in [3.63, 3.8) is 0 Å². The van der Waals surface area contributed by atoms with Crippen LogP contribution in [0.1, 0.15) is 26.3 Å². The molecule has 0 bridgehead atoms. The number of hydrogen-bond acceptors (Lipinski definition) is 7. The molecule has 1 heterocycles. The molecule has 1 aromatic carbocycles. The number of aliphatic carboxylic acids is 1. The molecule has 0 saturated heterocycles. The second kappa shape index (κ2) is 11.6. The summed E-state index contributed by atoms with van der Waals surface area (Å²) in [6.45, 7) is 3.86. The van der Waals surface area contributed by atoms with Crippen LogP contribution in [0, 0.1) is 0 Å². The first-order valence-corrected chi connectivity index (χ1v) is 10.7. The molecule has 6 atom stereocenters. The number of aromatic amines is 1. The molecule has 1 aromatic heterocycles. The van der Waals surface area contributed by atoms with Gasteiger partial charge in [0.2, 0.25) is 17.7 Å². The normalized spacial score (nSPS) is 16.5. The zero-order valence-corrected chi connectivity index (χ0v) is 19.1. The summed E-state index contributed by atoms with van der Waals surface area (Å²) in [5.41, 5.74) is 7.17. The number of fused-ring (bicyclic) bond motifs is 1. The molecule has 186 valence electrons. The Morgan fingerprint density at radius 3 is 2.06 bits per heavy atom. The molecule has 0 saturated carbocycles. The predicted octanol–water partition coefficient (Wildman–Crippen LogP) is -1.64. The summed E-state index contributed by atoms with van der Waals surface area (Å²) in [4.78, 5) is 52.3. The van der Waals surface area contributed by atoms with Crippen LogP contribution in [0.25, 0.3) is 10.9 Å². The molecule has 12 nitrogen and oxygen atoms in total. The Morgan fingerprint density at radius 2 is 1.50 bits per heavy atom. The summed E-state index contributed by atoms with van der Waals surface area (Å²) >= 11 is 0. The molecule has 0 spiro atoms. The highest BCUT2D eigenvalue weighted by molar-refractivity contribution is 5.95. The maximum absolute atomic E-state index is 13.1. The van der Waals surface area contributed by atoms with Crippen molar-refractivity contribution < 1.29 is 34.5 Å². The third-order valence-electron chi connectivity index (χ3n) is 5.25. The number of amides is 3. The van der Waals surface area contributed by atoms with Gasteiger partial charge in [-0.2, -0.15) is 0 Å². The number of carbonyl (C=O) groups excluding carboxylic acids is 3. The van der Waals surface area contributed by atoms with Gasteiger partial charge in [-0.25, -0.2) is 4.79 Å². The van der Waals surface area contributed by atoms with E-state index in [1.54, 1.807) is 6.20 Å². The topological polar surface area (TPSA) is 207 Å². The number of para-hydroxylation sites is 1. The van der Waals surface area contributed by atoms with Gasteiger partial charge in [0.1, 0.15) is 12.1 Å². The fourth-order valence-corrected chi connectivity index (χ4v) is 3.32. The zero-order chi connectivity index (χ0) is 25.6. The third kappa shape index (κ3) is 6.76. The summed E-state index contributed by atoms with van der Waals surface area (Å²) in [7, 11) is 0. The van der Waals surface area contributed by atoms with Gasteiger partial charge in [-0.1, -0.05) is 18.2 Å². The Labute approximate surface area is 195 Å². The Hall–Kier alpha value is -3.48. The predicted molar refractivity (Wildman–Crippen MR) is 122 cm³/mol. The van der Waals surface area contributed by atoms with E-state index in [0.29, 0.717) is 0 Å². The Morgan fingerprint density at radius 1 is 0.912 bits per heavy atom. The minimum Gasteiger partial charge on any atom is -0.480 e. The molecule has 0 aliphatic rings. The van der Waals surface area contributed by atoms with Crippen LogP contribution in [0.3, 0.4) is 0 Å². The molecule has 3 amide bonds. The highest BCUT2D eigenvalue weighted by atomic mass is 16.4. The first-order chi connectivity index (χ1) is 15.9. The number of aliphatic hydroxyl groups is 2. The summed E-state index contributed by atoms with van der Waals surface area (Å²) in [5, 5.41) is 36.7. The molecule has 0 aliphatic carbocycles. The van der Waals surface area contributed by atoms with Crippen molar-refractivity contribution in [2.75, 3.05) is 0 Å². The van der Waals surface area contributed by atoms with Crippen LogP contribution in [-0.2, 0) is 25.6 Å². The van der Waals surface area contributed by atoms with E-state index in [0.717, 1.165) is 16.5 Å². The second-order valence-electron chi connectivity index (χ2n) is 8.21. The Bertz CT molecular complexity index is 1030. The molecule has 0 aliphatic heterocycles. The van der Waals surface area contributed by atoms with Crippen molar-refractivity contribution in [1.29, 1.82) is 0 Å². The van der Waals surface area contributed by atoms with Gasteiger partial charge in [0.25, 0.3) is 0 Å². The van der Waals surface area contributed by atoms with E-state index in [4.69, 9.17) is 5.73 Å². The van der Waals surface area contributed by atoms with E-state index >= 15 is 0 Å². The van der Waals surface area contributed by atoms with Gasteiger partial charge < -0.3 is 42.0 Å².